The van der Waals surface area contributed by atoms with Crippen LogP contribution >= 0.6 is 11.8 Å². The highest BCUT2D eigenvalue weighted by Crippen LogP contribution is 2.14. The molecule has 6 nitrogen and oxygen atoms in total. The number of carbonyl (C=O) groups excluding carboxylic acids is 1. The summed E-state index contributed by atoms with van der Waals surface area (Å²) in [6.45, 7) is 1.92. The lowest BCUT2D eigenvalue weighted by molar-refractivity contribution is -0.119. The van der Waals surface area contributed by atoms with Crippen molar-refractivity contribution in [2.45, 2.75) is 18.0 Å². The molecule has 0 saturated heterocycles. The minimum absolute atomic E-state index is 0.0606. The van der Waals surface area contributed by atoms with Crippen LogP contribution in [0.4, 0.5) is 0 Å². The normalized spacial score (nSPS) is 11.8. The fourth-order valence-corrected chi connectivity index (χ4v) is 2.25. The summed E-state index contributed by atoms with van der Waals surface area (Å²) < 4.78 is 0. The number of aromatic amines is 1. The van der Waals surface area contributed by atoms with Crippen molar-refractivity contribution >= 4 is 17.7 Å². The van der Waals surface area contributed by atoms with Crippen molar-refractivity contribution in [1.82, 2.24) is 20.5 Å². The Labute approximate surface area is 120 Å². The van der Waals surface area contributed by atoms with Gasteiger partial charge in [-0.25, -0.2) is 9.89 Å². The van der Waals surface area contributed by atoms with Crippen molar-refractivity contribution in [2.24, 2.45) is 0 Å². The maximum absolute atomic E-state index is 11.8. The van der Waals surface area contributed by atoms with E-state index >= 15 is 0 Å². The first kappa shape index (κ1) is 14.3. The van der Waals surface area contributed by atoms with Gasteiger partial charge in [0.2, 0.25) is 5.91 Å². The molecule has 1 aromatic carbocycles. The predicted octanol–water partition coefficient (Wildman–Crippen LogP) is 1.13. The minimum atomic E-state index is -0.520. The summed E-state index contributed by atoms with van der Waals surface area (Å²) in [4.78, 5) is 26.5. The smallest absolute Gasteiger partial charge is 0.349 e. The molecule has 1 aromatic heterocycles. The number of rotatable bonds is 5. The van der Waals surface area contributed by atoms with Gasteiger partial charge in [-0.3, -0.25) is 4.79 Å². The quantitative estimate of drug-likeness (QED) is 0.806. The van der Waals surface area contributed by atoms with Gasteiger partial charge in [-0.15, -0.1) is 0 Å². The number of thioether (sulfide) groups is 1. The van der Waals surface area contributed by atoms with Crippen LogP contribution in [0.2, 0.25) is 0 Å². The van der Waals surface area contributed by atoms with Gasteiger partial charge in [-0.1, -0.05) is 42.1 Å². The summed E-state index contributed by atoms with van der Waals surface area (Å²) in [5, 5.41) is 9.11. The molecule has 0 spiro atoms. The van der Waals surface area contributed by atoms with E-state index in [0.717, 1.165) is 5.56 Å². The van der Waals surface area contributed by atoms with E-state index < -0.39 is 5.69 Å². The third kappa shape index (κ3) is 4.20. The summed E-state index contributed by atoms with van der Waals surface area (Å²) in [6, 6.07) is 9.65. The van der Waals surface area contributed by atoms with E-state index in [0.29, 0.717) is 5.03 Å². The molecule has 0 aliphatic heterocycles. The van der Waals surface area contributed by atoms with Gasteiger partial charge in [0.05, 0.1) is 18.0 Å². The fraction of sp³-hybridized carbons (Fsp3) is 0.231. The molecule has 2 aromatic rings. The highest BCUT2D eigenvalue weighted by molar-refractivity contribution is 7.99. The van der Waals surface area contributed by atoms with Crippen molar-refractivity contribution in [3.8, 4) is 0 Å². The lowest BCUT2D eigenvalue weighted by Crippen LogP contribution is -2.28. The largest absolute Gasteiger partial charge is 0.362 e. The van der Waals surface area contributed by atoms with Crippen molar-refractivity contribution in [3.05, 3.63) is 52.6 Å². The van der Waals surface area contributed by atoms with Gasteiger partial charge in [0.15, 0.2) is 0 Å². The number of nitrogens with zero attached hydrogens (tertiary/aromatic N) is 2. The molecule has 104 valence electrons. The van der Waals surface area contributed by atoms with Crippen molar-refractivity contribution in [2.75, 3.05) is 5.75 Å². The Morgan fingerprint density at radius 3 is 2.85 bits per heavy atom. The average Bonchev–Trinajstić information content (AvgIpc) is 2.46. The van der Waals surface area contributed by atoms with Gasteiger partial charge in [-0.05, 0) is 12.5 Å². The second-order valence-corrected chi connectivity index (χ2v) is 5.11. The molecule has 7 heteroatoms. The van der Waals surface area contributed by atoms with Crippen LogP contribution in [0.15, 0.2) is 46.3 Å². The molecule has 1 atom stereocenters. The number of aromatic nitrogens is 3. The first-order chi connectivity index (χ1) is 9.65. The third-order valence-electron chi connectivity index (χ3n) is 2.58. The SMILES string of the molecule is C[C@@H](NC(=O)CSc1cn[nH]c(=O)n1)c1ccccc1. The van der Waals surface area contributed by atoms with Crippen LogP contribution in [0.3, 0.4) is 0 Å². The second-order valence-electron chi connectivity index (χ2n) is 4.11. The van der Waals surface area contributed by atoms with Crippen LogP contribution in [0.1, 0.15) is 18.5 Å². The molecular weight excluding hydrogens is 276 g/mol. The van der Waals surface area contributed by atoms with Crippen molar-refractivity contribution < 1.29 is 4.79 Å². The van der Waals surface area contributed by atoms with E-state index in [-0.39, 0.29) is 17.7 Å². The molecule has 20 heavy (non-hydrogen) atoms. The van der Waals surface area contributed by atoms with Crippen molar-refractivity contribution in [3.63, 3.8) is 0 Å². The molecule has 0 radical (unpaired) electrons. The van der Waals surface area contributed by atoms with Gasteiger partial charge < -0.3 is 5.32 Å². The third-order valence-corrected chi connectivity index (χ3v) is 3.47. The molecule has 0 fully saturated rings. The van der Waals surface area contributed by atoms with E-state index in [1.807, 2.05) is 37.3 Å². The lowest BCUT2D eigenvalue weighted by atomic mass is 10.1. The zero-order valence-corrected chi connectivity index (χ0v) is 11.7. The molecule has 0 unspecified atom stereocenters. The number of H-pyrrole nitrogens is 1. The summed E-state index contributed by atoms with van der Waals surface area (Å²) in [5.74, 6) is 0.0726. The first-order valence-electron chi connectivity index (χ1n) is 6.04. The number of nitrogens with one attached hydrogen (secondary N) is 2. The number of amides is 1. The predicted molar refractivity (Wildman–Crippen MR) is 76.4 cm³/mol. The van der Waals surface area contributed by atoms with Gasteiger partial charge >= 0.3 is 5.69 Å². The number of hydrogen-bond donors (Lipinski definition) is 2. The summed E-state index contributed by atoms with van der Waals surface area (Å²) in [5.41, 5.74) is 0.523. The second kappa shape index (κ2) is 6.85. The Hall–Kier alpha value is -2.15. The van der Waals surface area contributed by atoms with Gasteiger partial charge in [0, 0.05) is 0 Å². The molecular formula is C13H14N4O2S. The van der Waals surface area contributed by atoms with Gasteiger partial charge in [-0.2, -0.15) is 10.1 Å². The van der Waals surface area contributed by atoms with Gasteiger partial charge in [0.1, 0.15) is 5.03 Å². The van der Waals surface area contributed by atoms with Crippen LogP contribution < -0.4 is 11.0 Å². The van der Waals surface area contributed by atoms with Crippen molar-refractivity contribution in [1.29, 1.82) is 0 Å². The van der Waals surface area contributed by atoms with Crippen LogP contribution in [0.5, 0.6) is 0 Å². The summed E-state index contributed by atoms with van der Waals surface area (Å²) in [6.07, 6.45) is 1.42. The maximum atomic E-state index is 11.8. The molecule has 1 amide bonds. The number of hydrogen-bond acceptors (Lipinski definition) is 5. The number of benzene rings is 1. The Balaban J connectivity index is 1.85. The average molecular weight is 290 g/mol. The summed E-state index contributed by atoms with van der Waals surface area (Å²) >= 11 is 1.17. The molecule has 0 aliphatic rings. The van der Waals surface area contributed by atoms with Crippen LogP contribution in [-0.4, -0.2) is 26.8 Å². The zero-order chi connectivity index (χ0) is 14.4. The first-order valence-corrected chi connectivity index (χ1v) is 7.02. The van der Waals surface area contributed by atoms with E-state index in [9.17, 15) is 9.59 Å². The Bertz CT molecular complexity index is 630. The highest BCUT2D eigenvalue weighted by Gasteiger charge is 2.10. The molecule has 0 aliphatic carbocycles. The molecule has 2 rings (SSSR count). The van der Waals surface area contributed by atoms with E-state index in [2.05, 4.69) is 20.5 Å². The van der Waals surface area contributed by atoms with Gasteiger partial charge in [0.25, 0.3) is 0 Å². The van der Waals surface area contributed by atoms with E-state index in [1.54, 1.807) is 0 Å². The molecule has 1 heterocycles. The maximum Gasteiger partial charge on any atom is 0.362 e. The minimum Gasteiger partial charge on any atom is -0.349 e. The molecule has 0 bridgehead atoms. The van der Waals surface area contributed by atoms with E-state index in [1.165, 1.54) is 18.0 Å². The number of carbonyl (C=O) groups is 1. The standard InChI is InChI=1S/C13H14N4O2S/c1-9(10-5-3-2-4-6-10)15-11(18)8-20-12-7-14-17-13(19)16-12/h2-7,9H,8H2,1H3,(H,15,18)(H,16,17,19)/t9-/m1/s1. The Morgan fingerprint density at radius 1 is 1.40 bits per heavy atom. The fourth-order valence-electron chi connectivity index (χ4n) is 1.61. The van der Waals surface area contributed by atoms with Crippen LogP contribution in [0, 0.1) is 0 Å². The van der Waals surface area contributed by atoms with Crippen LogP contribution in [0.25, 0.3) is 0 Å². The molecule has 0 saturated carbocycles. The Morgan fingerprint density at radius 2 is 2.15 bits per heavy atom. The van der Waals surface area contributed by atoms with E-state index in [4.69, 9.17) is 0 Å². The summed E-state index contributed by atoms with van der Waals surface area (Å²) in [7, 11) is 0. The highest BCUT2D eigenvalue weighted by atomic mass is 32.2. The van der Waals surface area contributed by atoms with Crippen LogP contribution in [-0.2, 0) is 4.79 Å². The monoisotopic (exact) mass is 290 g/mol. The molecule has 2 N–H and O–H groups in total. The zero-order valence-electron chi connectivity index (χ0n) is 10.9. The Kier molecular flexibility index (Phi) is 4.89. The topological polar surface area (TPSA) is 87.7 Å². The lowest BCUT2D eigenvalue weighted by Gasteiger charge is -2.13.